The molecule has 13 heteroatoms. The van der Waals surface area contributed by atoms with Gasteiger partial charge in [0, 0.05) is 80.2 Å². The van der Waals surface area contributed by atoms with Crippen molar-refractivity contribution in [3.8, 4) is 16.9 Å². The van der Waals surface area contributed by atoms with Gasteiger partial charge in [0.1, 0.15) is 11.8 Å². The molecule has 2 heterocycles. The molecule has 2 aromatic carbocycles. The maximum absolute atomic E-state index is 14.4. The number of methoxy groups -OCH3 is 1. The quantitative estimate of drug-likeness (QED) is 0.158. The Morgan fingerprint density at radius 3 is 2.48 bits per heavy atom. The van der Waals surface area contributed by atoms with Crippen LogP contribution in [0, 0.1) is 35.0 Å². The van der Waals surface area contributed by atoms with Gasteiger partial charge in [-0.3, -0.25) is 19.3 Å². The minimum atomic E-state index is -0.837. The number of hydroxylamine groups is 2. The zero-order valence-electron chi connectivity index (χ0n) is 36.1. The van der Waals surface area contributed by atoms with E-state index in [-0.39, 0.29) is 49.0 Å². The van der Waals surface area contributed by atoms with Crippen molar-refractivity contribution in [1.82, 2.24) is 20.6 Å². The van der Waals surface area contributed by atoms with Crippen LogP contribution >= 0.6 is 0 Å². The maximum Gasteiger partial charge on any atom is 0.251 e. The lowest BCUT2D eigenvalue weighted by atomic mass is 9.45. The summed E-state index contributed by atoms with van der Waals surface area (Å²) >= 11 is 0. The molecule has 2 saturated heterocycles. The number of anilines is 1. The summed E-state index contributed by atoms with van der Waals surface area (Å²) in [4.78, 5) is 39.2. The molecule has 0 spiro atoms. The van der Waals surface area contributed by atoms with Gasteiger partial charge in [-0.1, -0.05) is 52.8 Å². The molecule has 7 rings (SSSR count). The number of rotatable bonds is 17. The number of benzene rings is 2. The Hall–Kier alpha value is -3.30. The summed E-state index contributed by atoms with van der Waals surface area (Å²) < 4.78 is 11.7. The normalized spacial score (nSPS) is 28.1. The van der Waals surface area contributed by atoms with Gasteiger partial charge in [-0.25, -0.2) is 0 Å². The molecule has 3 saturated carbocycles. The van der Waals surface area contributed by atoms with Gasteiger partial charge in [-0.05, 0) is 79.0 Å². The van der Waals surface area contributed by atoms with Crippen molar-refractivity contribution >= 4 is 17.5 Å². The second kappa shape index (κ2) is 19.0. The van der Waals surface area contributed by atoms with Crippen molar-refractivity contribution < 1.29 is 34.1 Å². The van der Waals surface area contributed by atoms with Crippen LogP contribution in [0.1, 0.15) is 76.7 Å². The molecule has 3 aliphatic carbocycles. The Morgan fingerprint density at radius 1 is 1.12 bits per heavy atom. The van der Waals surface area contributed by atoms with Gasteiger partial charge in [0.15, 0.2) is 0 Å². The van der Waals surface area contributed by atoms with Crippen molar-refractivity contribution in [2.45, 2.75) is 97.7 Å². The Morgan fingerprint density at radius 2 is 1.86 bits per heavy atom. The number of aliphatic hydroxyl groups is 2. The summed E-state index contributed by atoms with van der Waals surface area (Å²) in [6, 6.07) is 10.8. The molecule has 2 aromatic rings. The topological polar surface area (TPSA) is 162 Å². The number of nitrogens with one attached hydrogen (secondary N) is 2. The van der Waals surface area contributed by atoms with E-state index in [0.717, 1.165) is 54.9 Å². The second-order valence-corrected chi connectivity index (χ2v) is 18.4. The van der Waals surface area contributed by atoms with E-state index in [0.29, 0.717) is 54.7 Å². The lowest BCUT2D eigenvalue weighted by molar-refractivity contribution is -0.175. The maximum atomic E-state index is 14.4. The number of hydrogen-bond donors (Lipinski definition) is 5. The first-order chi connectivity index (χ1) is 27.7. The van der Waals surface area contributed by atoms with E-state index in [1.54, 1.807) is 19.1 Å². The number of likely N-dealkylation sites (N-methyl/N-ethyl adjacent to an activating group) is 1. The Bertz CT molecular complexity index is 1720. The Kier molecular flexibility index (Phi) is 14.5. The summed E-state index contributed by atoms with van der Waals surface area (Å²) in [6.07, 6.45) is 1.60. The summed E-state index contributed by atoms with van der Waals surface area (Å²) in [5, 5.41) is 29.3. The number of para-hydroxylation sites is 1. The third-order valence-electron chi connectivity index (χ3n) is 13.8. The van der Waals surface area contributed by atoms with E-state index in [1.807, 2.05) is 48.3 Å². The first-order valence-corrected chi connectivity index (χ1v) is 21.5. The van der Waals surface area contributed by atoms with Crippen LogP contribution in [0.15, 0.2) is 36.4 Å². The Labute approximate surface area is 345 Å². The molecule has 0 radical (unpaired) electrons. The molecule has 13 nitrogen and oxygen atoms in total. The van der Waals surface area contributed by atoms with Crippen molar-refractivity contribution in [3.63, 3.8) is 0 Å². The van der Waals surface area contributed by atoms with Crippen LogP contribution in [0.5, 0.6) is 5.75 Å². The molecule has 5 aliphatic rings. The molecule has 2 aliphatic heterocycles. The number of aliphatic hydroxyl groups excluding tert-OH is 2. The lowest BCUT2D eigenvalue weighted by Gasteiger charge is -2.62. The van der Waals surface area contributed by atoms with E-state index in [1.165, 1.54) is 6.42 Å². The monoisotopic (exact) mass is 807 g/mol. The number of fused-ring (bicyclic) bond motifs is 2. The van der Waals surface area contributed by atoms with Crippen molar-refractivity contribution in [3.05, 3.63) is 47.5 Å². The van der Waals surface area contributed by atoms with Gasteiger partial charge >= 0.3 is 0 Å². The number of carbonyl (C=O) groups excluding carboxylic acids is 2. The van der Waals surface area contributed by atoms with Crippen LogP contribution in [-0.4, -0.2) is 129 Å². The van der Waals surface area contributed by atoms with Crippen LogP contribution in [0.2, 0.25) is 0 Å². The first kappa shape index (κ1) is 44.3. The molecule has 2 amide bonds. The molecule has 9 atom stereocenters. The fourth-order valence-electron chi connectivity index (χ4n) is 10.4. The number of hydrogen-bond acceptors (Lipinski definition) is 11. The van der Waals surface area contributed by atoms with Crippen LogP contribution in [-0.2, 0) is 20.9 Å². The average Bonchev–Trinajstić information content (AvgIpc) is 3.57. The minimum Gasteiger partial charge on any atom is -0.496 e. The predicted octanol–water partition coefficient (Wildman–Crippen LogP) is 3.89. The third kappa shape index (κ3) is 9.51. The molecule has 5 fully saturated rings. The molecule has 0 aromatic heterocycles. The summed E-state index contributed by atoms with van der Waals surface area (Å²) in [7, 11) is 3.51. The molecule has 2 bridgehead atoms. The van der Waals surface area contributed by atoms with E-state index >= 15 is 0 Å². The first-order valence-electron chi connectivity index (χ1n) is 21.5. The van der Waals surface area contributed by atoms with Crippen LogP contribution in [0.4, 0.5) is 5.69 Å². The van der Waals surface area contributed by atoms with Gasteiger partial charge in [0.05, 0.1) is 45.7 Å². The number of morpholine rings is 1. The van der Waals surface area contributed by atoms with Crippen LogP contribution in [0.3, 0.4) is 0 Å². The summed E-state index contributed by atoms with van der Waals surface area (Å²) in [6.45, 7) is 17.5. The molecule has 0 unspecified atom stereocenters. The molecular formula is C45H70N6O7. The van der Waals surface area contributed by atoms with E-state index < -0.39 is 24.2 Å². The van der Waals surface area contributed by atoms with Gasteiger partial charge in [0.2, 0.25) is 5.91 Å². The number of amides is 2. The van der Waals surface area contributed by atoms with E-state index in [9.17, 15) is 19.8 Å². The largest absolute Gasteiger partial charge is 0.496 e. The molecule has 322 valence electrons. The lowest BCUT2D eigenvalue weighted by Crippen LogP contribution is -2.62. The third-order valence-corrected chi connectivity index (χ3v) is 13.8. The summed E-state index contributed by atoms with van der Waals surface area (Å²) in [5.74, 6) is 1.60. The molecular weight excluding hydrogens is 737 g/mol. The number of carbonyl (C=O) groups is 2. The van der Waals surface area contributed by atoms with Gasteiger partial charge < -0.3 is 41.0 Å². The molecule has 58 heavy (non-hydrogen) atoms. The molecule has 6 N–H and O–H groups in total. The average molecular weight is 807 g/mol. The van der Waals surface area contributed by atoms with E-state index in [4.69, 9.17) is 20.0 Å². The van der Waals surface area contributed by atoms with Gasteiger partial charge in [-0.2, -0.15) is 5.06 Å². The predicted molar refractivity (Wildman–Crippen MR) is 226 cm³/mol. The second-order valence-electron chi connectivity index (χ2n) is 18.4. The highest BCUT2D eigenvalue weighted by Gasteiger charge is 2.57. The number of nitrogens with two attached hydrogens (primary N) is 1. The fourth-order valence-corrected chi connectivity index (χ4v) is 10.4. The highest BCUT2D eigenvalue weighted by atomic mass is 16.7. The number of ether oxygens (including phenoxy) is 2. The summed E-state index contributed by atoms with van der Waals surface area (Å²) in [5.41, 5.74) is 10.1. The fraction of sp³-hybridized carbons (Fsp3) is 0.689. The van der Waals surface area contributed by atoms with Crippen LogP contribution < -0.4 is 26.0 Å². The van der Waals surface area contributed by atoms with Crippen molar-refractivity contribution in [1.29, 1.82) is 0 Å². The zero-order valence-corrected chi connectivity index (χ0v) is 36.1. The number of nitrogens with zero attached hydrogens (tertiary/aromatic N) is 3. The highest BCUT2D eigenvalue weighted by Crippen LogP contribution is 2.61. The minimum absolute atomic E-state index is 0.0435. The smallest absolute Gasteiger partial charge is 0.251 e. The zero-order chi connectivity index (χ0) is 41.9. The van der Waals surface area contributed by atoms with Crippen LogP contribution in [0.25, 0.3) is 11.1 Å². The van der Waals surface area contributed by atoms with Gasteiger partial charge in [0.25, 0.3) is 5.91 Å². The van der Waals surface area contributed by atoms with Crippen molar-refractivity contribution in [2.24, 2.45) is 40.7 Å². The standard InChI is InChI=1S/C45H70N6O7/c1-27(2)18-34(26-50-13-16-57-17-14-50)47-43(54)32-19-31(20-35(21-32)49(7)12-15-52)36-11-9-10-30(42(36)56-8)25-51-41(40(29(4)53)39(24-46)58-51)44(55)48-38-23-33-22-37(28(38)3)45(33,5)6/h9-11,19-21,27-29,33-34,37-41,52-53H,12-18,22-26,46H2,1-8H3,(H,47,54)(H,48,55)/t28-,29-,33+,34-,37-,38-,39-,40+,41-/m0/s1. The Balaban J connectivity index is 1.29. The van der Waals surface area contributed by atoms with Crippen molar-refractivity contribution in [2.75, 3.05) is 71.6 Å². The SMILES string of the molecule is COc1c(CN2O[C@@H](CN)[C@@H]([C@H](C)O)[C@H]2C(=O)N[C@H]2C[C@H]3C[C@@H]([C@@H]2C)C3(C)C)cccc1-c1cc(C(=O)N[C@@H](CC(C)C)CN2CCOCC2)cc(N(C)CCO)c1. The highest BCUT2D eigenvalue weighted by molar-refractivity contribution is 5.97. The van der Waals surface area contributed by atoms with Gasteiger partial charge in [-0.15, -0.1) is 0 Å². The van der Waals surface area contributed by atoms with E-state index in [2.05, 4.69) is 50.2 Å².